The Kier molecular flexibility index (Phi) is 2.99. The minimum atomic E-state index is -0.0492. The van der Waals surface area contributed by atoms with Gasteiger partial charge in [0.2, 0.25) is 5.95 Å². The van der Waals surface area contributed by atoms with Gasteiger partial charge in [0.15, 0.2) is 5.84 Å². The number of hydrogen-bond acceptors (Lipinski definition) is 5. The standard InChI is InChI=1S/C10H12N6O/c1-2-8-12-5-6-16(8)10-13-4-3-7(14-10)9(11)15-17/h3-6,17H,2H2,1H3,(H2,11,15). The van der Waals surface area contributed by atoms with Crippen LogP contribution >= 0.6 is 0 Å². The molecule has 0 bridgehead atoms. The van der Waals surface area contributed by atoms with E-state index in [9.17, 15) is 0 Å². The van der Waals surface area contributed by atoms with E-state index in [0.29, 0.717) is 11.6 Å². The lowest BCUT2D eigenvalue weighted by molar-refractivity contribution is 0.318. The third-order valence-corrected chi connectivity index (χ3v) is 2.26. The van der Waals surface area contributed by atoms with Crippen molar-refractivity contribution in [2.45, 2.75) is 13.3 Å². The minimum Gasteiger partial charge on any atom is -0.409 e. The molecule has 0 fully saturated rings. The number of amidine groups is 1. The Morgan fingerprint density at radius 2 is 2.29 bits per heavy atom. The van der Waals surface area contributed by atoms with Crippen LogP contribution in [0.15, 0.2) is 29.8 Å². The average Bonchev–Trinajstić information content (AvgIpc) is 2.86. The summed E-state index contributed by atoms with van der Waals surface area (Å²) >= 11 is 0. The normalized spacial score (nSPS) is 11.7. The van der Waals surface area contributed by atoms with E-state index in [4.69, 9.17) is 10.9 Å². The van der Waals surface area contributed by atoms with Gasteiger partial charge in [-0.3, -0.25) is 4.57 Å². The van der Waals surface area contributed by atoms with Crippen molar-refractivity contribution in [2.24, 2.45) is 10.9 Å². The molecule has 0 aliphatic rings. The Morgan fingerprint density at radius 3 is 3.00 bits per heavy atom. The van der Waals surface area contributed by atoms with Crippen molar-refractivity contribution in [3.63, 3.8) is 0 Å². The van der Waals surface area contributed by atoms with Crippen LogP contribution < -0.4 is 5.73 Å². The Hall–Kier alpha value is -2.44. The quantitative estimate of drug-likeness (QED) is 0.343. The summed E-state index contributed by atoms with van der Waals surface area (Å²) in [6.07, 6.45) is 5.77. The zero-order valence-electron chi connectivity index (χ0n) is 9.28. The van der Waals surface area contributed by atoms with Gasteiger partial charge in [-0.15, -0.1) is 0 Å². The molecule has 0 aliphatic heterocycles. The Morgan fingerprint density at radius 1 is 1.47 bits per heavy atom. The van der Waals surface area contributed by atoms with Crippen molar-refractivity contribution in [2.75, 3.05) is 0 Å². The summed E-state index contributed by atoms with van der Waals surface area (Å²) in [6, 6.07) is 1.57. The monoisotopic (exact) mass is 232 g/mol. The smallest absolute Gasteiger partial charge is 0.235 e. The number of imidazole rings is 1. The number of rotatable bonds is 3. The molecule has 0 radical (unpaired) electrons. The highest BCUT2D eigenvalue weighted by molar-refractivity contribution is 5.95. The maximum atomic E-state index is 8.59. The van der Waals surface area contributed by atoms with E-state index in [2.05, 4.69) is 20.1 Å². The van der Waals surface area contributed by atoms with Crippen LogP contribution in [0.1, 0.15) is 18.4 Å². The zero-order valence-corrected chi connectivity index (χ0v) is 9.28. The van der Waals surface area contributed by atoms with E-state index < -0.39 is 0 Å². The predicted molar refractivity (Wildman–Crippen MR) is 61.0 cm³/mol. The van der Waals surface area contributed by atoms with Crippen molar-refractivity contribution in [1.82, 2.24) is 19.5 Å². The lowest BCUT2D eigenvalue weighted by atomic mass is 10.4. The predicted octanol–water partition coefficient (Wildman–Crippen LogP) is 0.319. The molecule has 0 aliphatic carbocycles. The first-order valence-electron chi connectivity index (χ1n) is 5.09. The van der Waals surface area contributed by atoms with Gasteiger partial charge in [0.05, 0.1) is 0 Å². The summed E-state index contributed by atoms with van der Waals surface area (Å²) in [5.74, 6) is 1.25. The zero-order chi connectivity index (χ0) is 12.3. The molecular formula is C10H12N6O. The van der Waals surface area contributed by atoms with E-state index in [0.717, 1.165) is 12.2 Å². The fourth-order valence-electron chi connectivity index (χ4n) is 1.44. The Bertz CT molecular complexity index is 547. The highest BCUT2D eigenvalue weighted by Crippen LogP contribution is 2.06. The van der Waals surface area contributed by atoms with E-state index in [1.54, 1.807) is 29.2 Å². The molecule has 2 heterocycles. The topological polar surface area (TPSA) is 102 Å². The van der Waals surface area contributed by atoms with Gasteiger partial charge < -0.3 is 10.9 Å². The number of nitrogens with two attached hydrogens (primary N) is 1. The van der Waals surface area contributed by atoms with Gasteiger partial charge in [-0.05, 0) is 6.07 Å². The largest absolute Gasteiger partial charge is 0.409 e. The Balaban J connectivity index is 2.47. The number of hydrogen-bond donors (Lipinski definition) is 2. The molecule has 7 nitrogen and oxygen atoms in total. The first-order chi connectivity index (χ1) is 8.26. The number of nitrogens with zero attached hydrogens (tertiary/aromatic N) is 5. The third kappa shape index (κ3) is 2.07. The van der Waals surface area contributed by atoms with E-state index in [1.165, 1.54) is 0 Å². The van der Waals surface area contributed by atoms with Gasteiger partial charge in [0, 0.05) is 25.0 Å². The average molecular weight is 232 g/mol. The van der Waals surface area contributed by atoms with Gasteiger partial charge in [0.1, 0.15) is 11.5 Å². The molecule has 0 atom stereocenters. The van der Waals surface area contributed by atoms with Crippen molar-refractivity contribution in [3.05, 3.63) is 36.2 Å². The number of oxime groups is 1. The minimum absolute atomic E-state index is 0.0492. The second kappa shape index (κ2) is 4.60. The highest BCUT2D eigenvalue weighted by atomic mass is 16.4. The molecule has 0 unspecified atom stereocenters. The van der Waals surface area contributed by atoms with Gasteiger partial charge in [-0.2, -0.15) is 0 Å². The number of aryl methyl sites for hydroxylation is 1. The molecular weight excluding hydrogens is 220 g/mol. The summed E-state index contributed by atoms with van der Waals surface area (Å²) in [6.45, 7) is 1.99. The van der Waals surface area contributed by atoms with Crippen LogP contribution in [0, 0.1) is 0 Å². The molecule has 2 aromatic rings. The molecule has 0 spiro atoms. The Labute approximate surface area is 97.6 Å². The van der Waals surface area contributed by atoms with Crippen molar-refractivity contribution >= 4 is 5.84 Å². The van der Waals surface area contributed by atoms with Crippen LogP contribution in [0.4, 0.5) is 0 Å². The van der Waals surface area contributed by atoms with Crippen LogP contribution in [-0.4, -0.2) is 30.6 Å². The maximum absolute atomic E-state index is 8.59. The first kappa shape index (κ1) is 11.1. The van der Waals surface area contributed by atoms with Crippen LogP contribution in [0.2, 0.25) is 0 Å². The summed E-state index contributed by atoms with van der Waals surface area (Å²) in [7, 11) is 0. The van der Waals surface area contributed by atoms with Crippen LogP contribution in [0.25, 0.3) is 5.95 Å². The van der Waals surface area contributed by atoms with Crippen molar-refractivity contribution in [3.8, 4) is 5.95 Å². The molecule has 0 saturated carbocycles. The SMILES string of the molecule is CCc1nccn1-c1nccc(/C(N)=N/O)n1. The van der Waals surface area contributed by atoms with Crippen LogP contribution in [0.5, 0.6) is 0 Å². The lowest BCUT2D eigenvalue weighted by Crippen LogP contribution is -2.17. The summed E-state index contributed by atoms with van der Waals surface area (Å²) in [4.78, 5) is 12.5. The second-order valence-electron chi connectivity index (χ2n) is 3.29. The van der Waals surface area contributed by atoms with Gasteiger partial charge in [-0.25, -0.2) is 15.0 Å². The van der Waals surface area contributed by atoms with E-state index in [-0.39, 0.29) is 5.84 Å². The van der Waals surface area contributed by atoms with Crippen LogP contribution in [-0.2, 0) is 6.42 Å². The summed E-state index contributed by atoms with van der Waals surface area (Å²) < 4.78 is 1.76. The maximum Gasteiger partial charge on any atom is 0.235 e. The van der Waals surface area contributed by atoms with E-state index >= 15 is 0 Å². The van der Waals surface area contributed by atoms with Gasteiger partial charge in [-0.1, -0.05) is 12.1 Å². The lowest BCUT2D eigenvalue weighted by Gasteiger charge is -2.05. The van der Waals surface area contributed by atoms with Crippen LogP contribution in [0.3, 0.4) is 0 Å². The molecule has 0 amide bonds. The molecule has 3 N–H and O–H groups in total. The number of aromatic nitrogens is 4. The van der Waals surface area contributed by atoms with E-state index in [1.807, 2.05) is 6.92 Å². The van der Waals surface area contributed by atoms with Gasteiger partial charge >= 0.3 is 0 Å². The molecule has 2 rings (SSSR count). The third-order valence-electron chi connectivity index (χ3n) is 2.26. The second-order valence-corrected chi connectivity index (χ2v) is 3.29. The molecule has 17 heavy (non-hydrogen) atoms. The fraction of sp³-hybridized carbons (Fsp3) is 0.200. The molecule has 0 saturated heterocycles. The van der Waals surface area contributed by atoms with Crippen molar-refractivity contribution in [1.29, 1.82) is 0 Å². The molecule has 2 aromatic heterocycles. The molecule has 88 valence electrons. The highest BCUT2D eigenvalue weighted by Gasteiger charge is 2.08. The van der Waals surface area contributed by atoms with Gasteiger partial charge in [0.25, 0.3) is 0 Å². The summed E-state index contributed by atoms with van der Waals surface area (Å²) in [5, 5.41) is 11.5. The molecule has 7 heteroatoms. The fourth-order valence-corrected chi connectivity index (χ4v) is 1.44. The van der Waals surface area contributed by atoms with Crippen molar-refractivity contribution < 1.29 is 5.21 Å². The first-order valence-corrected chi connectivity index (χ1v) is 5.09. The molecule has 0 aromatic carbocycles. The summed E-state index contributed by atoms with van der Waals surface area (Å²) in [5.41, 5.74) is 5.84.